The second-order valence-electron chi connectivity index (χ2n) is 5.98. The van der Waals surface area contributed by atoms with Crippen molar-refractivity contribution < 1.29 is 0 Å². The van der Waals surface area contributed by atoms with E-state index in [4.69, 9.17) is 5.26 Å². The van der Waals surface area contributed by atoms with Crippen LogP contribution in [0.1, 0.15) is 19.3 Å². The lowest BCUT2D eigenvalue weighted by Crippen LogP contribution is -2.55. The van der Waals surface area contributed by atoms with E-state index in [9.17, 15) is 0 Å². The maximum absolute atomic E-state index is 8.80. The second-order valence-corrected chi connectivity index (χ2v) is 5.98. The average molecular weight is 282 g/mol. The summed E-state index contributed by atoms with van der Waals surface area (Å²) >= 11 is 0. The van der Waals surface area contributed by atoms with E-state index in [0.29, 0.717) is 6.42 Å². The average Bonchev–Trinajstić information content (AvgIpc) is 3.10. The van der Waals surface area contributed by atoms with E-state index in [-0.39, 0.29) is 5.54 Å². The molecule has 0 unspecified atom stereocenters. The molecule has 0 bridgehead atoms. The molecule has 1 spiro atoms. The van der Waals surface area contributed by atoms with Crippen LogP contribution in [0.2, 0.25) is 0 Å². The number of anilines is 1. The molecule has 1 saturated carbocycles. The van der Waals surface area contributed by atoms with Crippen LogP contribution in [0.15, 0.2) is 18.6 Å². The minimum absolute atomic E-state index is 0.280. The van der Waals surface area contributed by atoms with Gasteiger partial charge in [-0.15, -0.1) is 0 Å². The van der Waals surface area contributed by atoms with Crippen LogP contribution in [0.25, 0.3) is 11.0 Å². The Morgan fingerprint density at radius 1 is 1.33 bits per heavy atom. The van der Waals surface area contributed by atoms with Gasteiger partial charge in [0.05, 0.1) is 11.5 Å². The number of aromatic amines is 1. The standard InChI is InChI=1S/C15H18N6/c16-5-1-7-21-9-8-20(10-15(21)3-4-15)14-12-2-6-17-13(12)18-11-19-14/h2,6,11H,1,3-4,7-10H2,(H,17,18,19). The highest BCUT2D eigenvalue weighted by atomic mass is 15.4. The van der Waals surface area contributed by atoms with Gasteiger partial charge in [-0.25, -0.2) is 9.97 Å². The Morgan fingerprint density at radius 2 is 2.24 bits per heavy atom. The summed E-state index contributed by atoms with van der Waals surface area (Å²) in [5.41, 5.74) is 1.18. The molecule has 2 fully saturated rings. The molecule has 6 heteroatoms. The zero-order valence-corrected chi connectivity index (χ0v) is 11.9. The van der Waals surface area contributed by atoms with E-state index in [0.717, 1.165) is 43.0 Å². The van der Waals surface area contributed by atoms with E-state index in [2.05, 4.69) is 30.8 Å². The van der Waals surface area contributed by atoms with Gasteiger partial charge in [-0.3, -0.25) is 4.90 Å². The lowest BCUT2D eigenvalue weighted by atomic mass is 10.1. The molecule has 0 atom stereocenters. The smallest absolute Gasteiger partial charge is 0.142 e. The first-order chi connectivity index (χ1) is 10.3. The van der Waals surface area contributed by atoms with Gasteiger partial charge in [0, 0.05) is 44.3 Å². The second kappa shape index (κ2) is 4.71. The Hall–Kier alpha value is -2.13. The highest BCUT2D eigenvalue weighted by molar-refractivity contribution is 5.87. The molecule has 3 heterocycles. The number of fused-ring (bicyclic) bond motifs is 1. The summed E-state index contributed by atoms with van der Waals surface area (Å²) in [5.74, 6) is 1.03. The summed E-state index contributed by atoms with van der Waals surface area (Å²) in [6.07, 6.45) is 6.64. The number of nitriles is 1. The third-order valence-corrected chi connectivity index (χ3v) is 4.75. The van der Waals surface area contributed by atoms with Gasteiger partial charge in [-0.05, 0) is 18.9 Å². The number of nitrogens with one attached hydrogen (secondary N) is 1. The van der Waals surface area contributed by atoms with E-state index >= 15 is 0 Å². The Kier molecular flexibility index (Phi) is 2.82. The quantitative estimate of drug-likeness (QED) is 0.924. The molecule has 4 rings (SSSR count). The number of H-pyrrole nitrogens is 1. The van der Waals surface area contributed by atoms with Crippen LogP contribution in [-0.2, 0) is 0 Å². The minimum Gasteiger partial charge on any atom is -0.353 e. The van der Waals surface area contributed by atoms with Crippen LogP contribution >= 0.6 is 0 Å². The van der Waals surface area contributed by atoms with Gasteiger partial charge < -0.3 is 9.88 Å². The van der Waals surface area contributed by atoms with Gasteiger partial charge >= 0.3 is 0 Å². The van der Waals surface area contributed by atoms with Crippen LogP contribution in [0.4, 0.5) is 5.82 Å². The first kappa shape index (κ1) is 12.6. The molecule has 1 aliphatic carbocycles. The first-order valence-corrected chi connectivity index (χ1v) is 7.47. The van der Waals surface area contributed by atoms with Crippen molar-refractivity contribution in [2.24, 2.45) is 0 Å². The van der Waals surface area contributed by atoms with E-state index < -0.39 is 0 Å². The normalized spacial score (nSPS) is 20.8. The van der Waals surface area contributed by atoms with Gasteiger partial charge in [-0.1, -0.05) is 0 Å². The molecule has 2 aromatic heterocycles. The van der Waals surface area contributed by atoms with Gasteiger partial charge in [0.25, 0.3) is 0 Å². The Bertz CT molecular complexity index is 695. The molecule has 0 radical (unpaired) electrons. The van der Waals surface area contributed by atoms with Crippen molar-refractivity contribution in [2.45, 2.75) is 24.8 Å². The molecular formula is C15H18N6. The number of piperazine rings is 1. The number of hydrogen-bond acceptors (Lipinski definition) is 5. The molecule has 1 aliphatic heterocycles. The molecular weight excluding hydrogens is 264 g/mol. The van der Waals surface area contributed by atoms with Crippen molar-refractivity contribution in [1.29, 1.82) is 5.26 Å². The Balaban J connectivity index is 1.59. The van der Waals surface area contributed by atoms with Crippen molar-refractivity contribution >= 4 is 16.9 Å². The summed E-state index contributed by atoms with van der Waals surface area (Å²) in [5, 5.41) is 9.90. The lowest BCUT2D eigenvalue weighted by molar-refractivity contribution is 0.161. The van der Waals surface area contributed by atoms with Crippen LogP contribution in [0.3, 0.4) is 0 Å². The monoisotopic (exact) mass is 282 g/mol. The molecule has 0 amide bonds. The Labute approximate surface area is 123 Å². The maximum atomic E-state index is 8.80. The fourth-order valence-electron chi connectivity index (χ4n) is 3.46. The number of aromatic nitrogens is 3. The van der Waals surface area contributed by atoms with Crippen molar-refractivity contribution in [3.63, 3.8) is 0 Å². The number of rotatable bonds is 3. The fraction of sp³-hybridized carbons (Fsp3) is 0.533. The lowest BCUT2D eigenvalue weighted by Gasteiger charge is -2.42. The summed E-state index contributed by atoms with van der Waals surface area (Å²) in [6, 6.07) is 4.31. The maximum Gasteiger partial charge on any atom is 0.142 e. The molecule has 2 aromatic rings. The van der Waals surface area contributed by atoms with Crippen LogP contribution in [0.5, 0.6) is 0 Å². The topological polar surface area (TPSA) is 71.8 Å². The SMILES string of the molecule is N#CCCN1CCN(c2ncnc3[nH]ccc23)CC12CC2. The summed E-state index contributed by atoms with van der Waals surface area (Å²) in [6.45, 7) is 3.88. The third kappa shape index (κ3) is 2.05. The molecule has 0 aromatic carbocycles. The van der Waals surface area contributed by atoms with Gasteiger partial charge in [0.1, 0.15) is 17.8 Å². The summed E-state index contributed by atoms with van der Waals surface area (Å²) < 4.78 is 0. The van der Waals surface area contributed by atoms with Crippen LogP contribution in [0, 0.1) is 11.3 Å². The number of hydrogen-bond donors (Lipinski definition) is 1. The predicted octanol–water partition coefficient (Wildman–Crippen LogP) is 1.53. The van der Waals surface area contributed by atoms with E-state index in [1.165, 1.54) is 12.8 Å². The third-order valence-electron chi connectivity index (χ3n) is 4.75. The first-order valence-electron chi connectivity index (χ1n) is 7.47. The predicted molar refractivity (Wildman–Crippen MR) is 79.9 cm³/mol. The van der Waals surface area contributed by atoms with E-state index in [1.807, 2.05) is 12.3 Å². The van der Waals surface area contributed by atoms with Crippen molar-refractivity contribution in [3.8, 4) is 6.07 Å². The van der Waals surface area contributed by atoms with Crippen LogP contribution < -0.4 is 4.90 Å². The van der Waals surface area contributed by atoms with Crippen LogP contribution in [-0.4, -0.2) is 51.6 Å². The highest BCUT2D eigenvalue weighted by Gasteiger charge is 2.51. The zero-order valence-electron chi connectivity index (χ0n) is 11.9. The fourth-order valence-corrected chi connectivity index (χ4v) is 3.46. The molecule has 21 heavy (non-hydrogen) atoms. The summed E-state index contributed by atoms with van der Waals surface area (Å²) in [4.78, 5) is 16.8. The van der Waals surface area contributed by atoms with Gasteiger partial charge in [0.2, 0.25) is 0 Å². The van der Waals surface area contributed by atoms with Crippen molar-refractivity contribution in [2.75, 3.05) is 31.1 Å². The van der Waals surface area contributed by atoms with Crippen molar-refractivity contribution in [3.05, 3.63) is 18.6 Å². The minimum atomic E-state index is 0.280. The number of nitrogens with zero attached hydrogens (tertiary/aromatic N) is 5. The summed E-state index contributed by atoms with van der Waals surface area (Å²) in [7, 11) is 0. The highest BCUT2D eigenvalue weighted by Crippen LogP contribution is 2.45. The van der Waals surface area contributed by atoms with Gasteiger partial charge in [0.15, 0.2) is 0 Å². The van der Waals surface area contributed by atoms with Gasteiger partial charge in [-0.2, -0.15) is 5.26 Å². The molecule has 6 nitrogen and oxygen atoms in total. The van der Waals surface area contributed by atoms with Crippen molar-refractivity contribution in [1.82, 2.24) is 19.9 Å². The molecule has 2 aliphatic rings. The largest absolute Gasteiger partial charge is 0.353 e. The molecule has 108 valence electrons. The van der Waals surface area contributed by atoms with E-state index in [1.54, 1.807) is 6.33 Å². The Morgan fingerprint density at radius 3 is 3.05 bits per heavy atom. The molecule has 1 N–H and O–H groups in total. The zero-order chi connectivity index (χ0) is 14.3. The molecule has 1 saturated heterocycles.